The maximum absolute atomic E-state index is 12.0. The molecule has 0 aromatic carbocycles. The molecular weight excluding hydrogens is 252 g/mol. The number of nitrogens with zero attached hydrogens (tertiary/aromatic N) is 1. The van der Waals surface area contributed by atoms with Gasteiger partial charge >= 0.3 is 0 Å². The van der Waals surface area contributed by atoms with Gasteiger partial charge in [0.15, 0.2) is 0 Å². The zero-order chi connectivity index (χ0) is 13.8. The normalized spacial score (nSPS) is 11.9. The first kappa shape index (κ1) is 15.1. The minimum atomic E-state index is -0.974. The minimum Gasteiger partial charge on any atom is -0.394 e. The topological polar surface area (TPSA) is 82.5 Å². The molecule has 1 aromatic rings. The second-order valence-electron chi connectivity index (χ2n) is 4.63. The van der Waals surface area contributed by atoms with Crippen LogP contribution in [0.2, 0.25) is 0 Å². The number of aliphatic hydroxyl groups is 2. The summed E-state index contributed by atoms with van der Waals surface area (Å²) < 4.78 is 0. The second-order valence-corrected chi connectivity index (χ2v) is 5.52. The van der Waals surface area contributed by atoms with Crippen LogP contribution in [0.3, 0.4) is 0 Å². The lowest BCUT2D eigenvalue weighted by Gasteiger charge is -2.29. The first-order chi connectivity index (χ1) is 8.48. The quantitative estimate of drug-likeness (QED) is 0.725. The van der Waals surface area contributed by atoms with Crippen LogP contribution in [0.15, 0.2) is 5.38 Å². The van der Waals surface area contributed by atoms with Crippen molar-refractivity contribution in [1.82, 2.24) is 10.3 Å². The van der Waals surface area contributed by atoms with E-state index >= 15 is 0 Å². The van der Waals surface area contributed by atoms with E-state index in [4.69, 9.17) is 0 Å². The number of rotatable bonds is 6. The third-order valence-corrected chi connectivity index (χ3v) is 4.05. The summed E-state index contributed by atoms with van der Waals surface area (Å²) in [6, 6.07) is 0. The van der Waals surface area contributed by atoms with Crippen molar-refractivity contribution < 1.29 is 15.0 Å². The molecule has 0 fully saturated rings. The van der Waals surface area contributed by atoms with Gasteiger partial charge in [-0.3, -0.25) is 4.79 Å². The van der Waals surface area contributed by atoms with Gasteiger partial charge in [-0.1, -0.05) is 20.8 Å². The Hall–Kier alpha value is -0.980. The third-order valence-electron chi connectivity index (χ3n) is 2.91. The summed E-state index contributed by atoms with van der Waals surface area (Å²) in [5.74, 6) is -0.0775. The Labute approximate surface area is 111 Å². The molecule has 0 aliphatic carbocycles. The van der Waals surface area contributed by atoms with Gasteiger partial charge in [-0.25, -0.2) is 4.98 Å². The molecule has 102 valence electrons. The molecule has 0 unspecified atom stereocenters. The molecule has 1 heterocycles. The number of carbonyl (C=O) groups is 1. The molecule has 0 saturated carbocycles. The first-order valence-corrected chi connectivity index (χ1v) is 6.85. The van der Waals surface area contributed by atoms with E-state index in [9.17, 15) is 15.0 Å². The predicted molar refractivity (Wildman–Crippen MR) is 70.9 cm³/mol. The molecule has 0 aliphatic rings. The van der Waals surface area contributed by atoms with Crippen LogP contribution in [0, 0.1) is 0 Å². The molecular formula is C12H20N2O3S. The number of thiazole rings is 1. The van der Waals surface area contributed by atoms with Crippen molar-refractivity contribution in [2.24, 2.45) is 0 Å². The van der Waals surface area contributed by atoms with Crippen molar-refractivity contribution in [2.45, 2.75) is 38.6 Å². The van der Waals surface area contributed by atoms with Gasteiger partial charge < -0.3 is 15.5 Å². The maximum atomic E-state index is 12.0. The Balaban J connectivity index is 2.80. The molecule has 0 saturated heterocycles. The van der Waals surface area contributed by atoms with Crippen LogP contribution in [-0.2, 0) is 0 Å². The van der Waals surface area contributed by atoms with E-state index in [-0.39, 0.29) is 25.0 Å². The minimum absolute atomic E-state index is 0.281. The van der Waals surface area contributed by atoms with Crippen molar-refractivity contribution in [3.8, 4) is 0 Å². The zero-order valence-corrected chi connectivity index (χ0v) is 11.8. The number of aliphatic hydroxyl groups excluding tert-OH is 2. The van der Waals surface area contributed by atoms with Gasteiger partial charge in [0.05, 0.1) is 23.8 Å². The summed E-state index contributed by atoms with van der Waals surface area (Å²) in [6.07, 6.45) is 0.451. The number of nitrogens with one attached hydrogen (secondary N) is 1. The summed E-state index contributed by atoms with van der Waals surface area (Å²) in [7, 11) is 0. The number of aromatic nitrogens is 1. The van der Waals surface area contributed by atoms with Crippen LogP contribution in [0.4, 0.5) is 0 Å². The van der Waals surface area contributed by atoms with Crippen LogP contribution in [0.1, 0.15) is 48.6 Å². The lowest BCUT2D eigenvalue weighted by Crippen LogP contribution is -2.53. The number of carbonyl (C=O) groups excluding carboxylic acids is 1. The smallest absolute Gasteiger partial charge is 0.271 e. The van der Waals surface area contributed by atoms with Crippen LogP contribution >= 0.6 is 11.3 Å². The van der Waals surface area contributed by atoms with Gasteiger partial charge in [-0.05, 0) is 6.42 Å². The van der Waals surface area contributed by atoms with E-state index in [0.29, 0.717) is 12.1 Å². The zero-order valence-electron chi connectivity index (χ0n) is 10.9. The Morgan fingerprint density at radius 3 is 2.50 bits per heavy atom. The highest BCUT2D eigenvalue weighted by molar-refractivity contribution is 7.09. The largest absolute Gasteiger partial charge is 0.394 e. The fourth-order valence-corrected chi connectivity index (χ4v) is 2.22. The molecule has 5 nitrogen and oxygen atoms in total. The second kappa shape index (κ2) is 6.26. The highest BCUT2D eigenvalue weighted by atomic mass is 32.1. The molecule has 18 heavy (non-hydrogen) atoms. The monoisotopic (exact) mass is 272 g/mol. The standard InChI is InChI=1S/C12H20N2O3S/c1-4-12(6-15,7-16)14-10(17)9-5-18-11(13-9)8(2)3/h5,8,15-16H,4,6-7H2,1-3H3,(H,14,17). The third kappa shape index (κ3) is 3.28. The van der Waals surface area contributed by atoms with Crippen LogP contribution in [0.5, 0.6) is 0 Å². The average Bonchev–Trinajstić information content (AvgIpc) is 2.86. The van der Waals surface area contributed by atoms with Crippen LogP contribution in [-0.4, -0.2) is 39.9 Å². The summed E-state index contributed by atoms with van der Waals surface area (Å²) in [5, 5.41) is 23.8. The molecule has 1 amide bonds. The molecule has 0 bridgehead atoms. The SMILES string of the molecule is CCC(CO)(CO)NC(=O)c1csc(C(C)C)n1. The fraction of sp³-hybridized carbons (Fsp3) is 0.667. The van der Waals surface area contributed by atoms with Gasteiger partial charge in [0.1, 0.15) is 5.69 Å². The van der Waals surface area contributed by atoms with Crippen molar-refractivity contribution in [1.29, 1.82) is 0 Å². The fourth-order valence-electron chi connectivity index (χ4n) is 1.40. The van der Waals surface area contributed by atoms with Crippen molar-refractivity contribution in [3.05, 3.63) is 16.1 Å². The van der Waals surface area contributed by atoms with E-state index in [2.05, 4.69) is 10.3 Å². The van der Waals surface area contributed by atoms with Gasteiger partial charge in [0, 0.05) is 11.3 Å². The molecule has 1 rings (SSSR count). The maximum Gasteiger partial charge on any atom is 0.271 e. The number of hydrogen-bond acceptors (Lipinski definition) is 5. The molecule has 1 aromatic heterocycles. The molecule has 0 aliphatic heterocycles. The van der Waals surface area contributed by atoms with Gasteiger partial charge in [-0.2, -0.15) is 0 Å². The van der Waals surface area contributed by atoms with Crippen molar-refractivity contribution in [3.63, 3.8) is 0 Å². The van der Waals surface area contributed by atoms with Gasteiger partial charge in [-0.15, -0.1) is 11.3 Å². The van der Waals surface area contributed by atoms with Crippen molar-refractivity contribution in [2.75, 3.05) is 13.2 Å². The summed E-state index contributed by atoms with van der Waals surface area (Å²) in [4.78, 5) is 16.2. The predicted octanol–water partition coefficient (Wildman–Crippen LogP) is 1.13. The summed E-state index contributed by atoms with van der Waals surface area (Å²) in [6.45, 7) is 5.23. The van der Waals surface area contributed by atoms with E-state index in [1.165, 1.54) is 11.3 Å². The van der Waals surface area contributed by atoms with Crippen LogP contribution < -0.4 is 5.32 Å². The lowest BCUT2D eigenvalue weighted by molar-refractivity contribution is 0.0649. The van der Waals surface area contributed by atoms with Crippen molar-refractivity contribution >= 4 is 17.2 Å². The lowest BCUT2D eigenvalue weighted by atomic mass is 9.98. The summed E-state index contributed by atoms with van der Waals surface area (Å²) in [5.41, 5.74) is -0.637. The Bertz CT molecular complexity index is 392. The first-order valence-electron chi connectivity index (χ1n) is 5.97. The van der Waals surface area contributed by atoms with E-state index < -0.39 is 5.54 Å². The average molecular weight is 272 g/mol. The molecule has 0 atom stereocenters. The van der Waals surface area contributed by atoms with E-state index in [1.807, 2.05) is 13.8 Å². The Morgan fingerprint density at radius 1 is 1.50 bits per heavy atom. The number of amides is 1. The van der Waals surface area contributed by atoms with Gasteiger partial charge in [0.2, 0.25) is 0 Å². The van der Waals surface area contributed by atoms with Gasteiger partial charge in [0.25, 0.3) is 5.91 Å². The number of hydrogen-bond donors (Lipinski definition) is 3. The Kier molecular flexibility index (Phi) is 5.25. The molecule has 6 heteroatoms. The summed E-state index contributed by atoms with van der Waals surface area (Å²) >= 11 is 1.44. The van der Waals surface area contributed by atoms with E-state index in [0.717, 1.165) is 5.01 Å². The molecule has 3 N–H and O–H groups in total. The molecule has 0 spiro atoms. The van der Waals surface area contributed by atoms with Crippen LogP contribution in [0.25, 0.3) is 0 Å². The molecule has 0 radical (unpaired) electrons. The highest BCUT2D eigenvalue weighted by Gasteiger charge is 2.29. The van der Waals surface area contributed by atoms with E-state index in [1.54, 1.807) is 12.3 Å². The highest BCUT2D eigenvalue weighted by Crippen LogP contribution is 2.19. The Morgan fingerprint density at radius 2 is 2.11 bits per heavy atom.